The van der Waals surface area contributed by atoms with E-state index in [0.29, 0.717) is 10.9 Å². The van der Waals surface area contributed by atoms with E-state index in [1.54, 1.807) is 6.07 Å². The molecule has 0 aromatic heterocycles. The Balaban J connectivity index is 1.90. The molecule has 0 saturated carbocycles. The van der Waals surface area contributed by atoms with E-state index in [1.807, 2.05) is 31.0 Å². The van der Waals surface area contributed by atoms with Crippen molar-refractivity contribution in [2.45, 2.75) is 26.2 Å². The van der Waals surface area contributed by atoms with Crippen molar-refractivity contribution in [2.24, 2.45) is 5.92 Å². The molecule has 0 bridgehead atoms. The highest BCUT2D eigenvalue weighted by Gasteiger charge is 2.18. The minimum absolute atomic E-state index is 0.0752. The molecule has 1 heterocycles. The van der Waals surface area contributed by atoms with Gasteiger partial charge >= 0.3 is 0 Å². The minimum Gasteiger partial charge on any atom is -0.381 e. The van der Waals surface area contributed by atoms with Gasteiger partial charge in [0.2, 0.25) is 0 Å². The molecule has 110 valence electrons. The summed E-state index contributed by atoms with van der Waals surface area (Å²) >= 11 is 5.93. The molecule has 2 rings (SSSR count). The van der Waals surface area contributed by atoms with Crippen molar-refractivity contribution in [1.82, 2.24) is 4.90 Å². The third-order valence-corrected chi connectivity index (χ3v) is 4.21. The standard InChI is InChI=1S/C16H22ClNO2/c1-12-11-14(17)3-4-15(12)16(19)18(2)8-5-13-6-9-20-10-7-13/h3-4,11,13H,5-10H2,1-2H3. The summed E-state index contributed by atoms with van der Waals surface area (Å²) < 4.78 is 5.36. The van der Waals surface area contributed by atoms with E-state index in [-0.39, 0.29) is 5.91 Å². The summed E-state index contributed by atoms with van der Waals surface area (Å²) in [6.07, 6.45) is 3.28. The number of carbonyl (C=O) groups is 1. The van der Waals surface area contributed by atoms with Crippen LogP contribution in [0.5, 0.6) is 0 Å². The number of amides is 1. The van der Waals surface area contributed by atoms with Gasteiger partial charge in [-0.05, 0) is 55.9 Å². The lowest BCUT2D eigenvalue weighted by Crippen LogP contribution is -2.30. The Labute approximate surface area is 125 Å². The maximum Gasteiger partial charge on any atom is 0.253 e. The van der Waals surface area contributed by atoms with Crippen molar-refractivity contribution in [3.63, 3.8) is 0 Å². The van der Waals surface area contributed by atoms with Crippen LogP contribution in [0, 0.1) is 12.8 Å². The molecule has 1 amide bonds. The average Bonchev–Trinajstić information content (AvgIpc) is 2.45. The number of halogens is 1. The lowest BCUT2D eigenvalue weighted by Gasteiger charge is -2.25. The van der Waals surface area contributed by atoms with Crippen molar-refractivity contribution in [1.29, 1.82) is 0 Å². The lowest BCUT2D eigenvalue weighted by atomic mass is 9.96. The molecule has 0 aliphatic carbocycles. The van der Waals surface area contributed by atoms with Gasteiger partial charge in [-0.3, -0.25) is 4.79 Å². The number of rotatable bonds is 4. The van der Waals surface area contributed by atoms with Crippen molar-refractivity contribution in [3.8, 4) is 0 Å². The molecule has 1 aromatic rings. The Morgan fingerprint density at radius 2 is 2.10 bits per heavy atom. The van der Waals surface area contributed by atoms with Gasteiger partial charge in [-0.15, -0.1) is 0 Å². The SMILES string of the molecule is Cc1cc(Cl)ccc1C(=O)N(C)CCC1CCOCC1. The zero-order chi connectivity index (χ0) is 14.5. The zero-order valence-corrected chi connectivity index (χ0v) is 12.9. The summed E-state index contributed by atoms with van der Waals surface area (Å²) in [6, 6.07) is 5.42. The molecular formula is C16H22ClNO2. The van der Waals surface area contributed by atoms with E-state index >= 15 is 0 Å². The highest BCUT2D eigenvalue weighted by molar-refractivity contribution is 6.30. The quantitative estimate of drug-likeness (QED) is 0.850. The molecule has 1 aliphatic heterocycles. The van der Waals surface area contributed by atoms with Crippen LogP contribution < -0.4 is 0 Å². The first-order chi connectivity index (χ1) is 9.58. The molecule has 0 atom stereocenters. The molecule has 3 nitrogen and oxygen atoms in total. The second kappa shape index (κ2) is 7.09. The van der Waals surface area contributed by atoms with E-state index in [4.69, 9.17) is 16.3 Å². The number of carbonyl (C=O) groups excluding carboxylic acids is 1. The van der Waals surface area contributed by atoms with E-state index in [9.17, 15) is 4.79 Å². The Kier molecular flexibility index (Phi) is 5.44. The van der Waals surface area contributed by atoms with Crippen LogP contribution in [0.4, 0.5) is 0 Å². The van der Waals surface area contributed by atoms with E-state index in [0.717, 1.165) is 50.1 Å². The monoisotopic (exact) mass is 295 g/mol. The van der Waals surface area contributed by atoms with Gasteiger partial charge in [-0.2, -0.15) is 0 Å². The van der Waals surface area contributed by atoms with Gasteiger partial charge in [0.15, 0.2) is 0 Å². The summed E-state index contributed by atoms with van der Waals surface area (Å²) in [4.78, 5) is 14.2. The van der Waals surface area contributed by atoms with Crippen LogP contribution in [-0.2, 0) is 4.74 Å². The van der Waals surface area contributed by atoms with Crippen LogP contribution in [-0.4, -0.2) is 37.6 Å². The van der Waals surface area contributed by atoms with Crippen molar-refractivity contribution >= 4 is 17.5 Å². The number of nitrogens with zero attached hydrogens (tertiary/aromatic N) is 1. The molecule has 1 fully saturated rings. The molecule has 0 N–H and O–H groups in total. The highest BCUT2D eigenvalue weighted by Crippen LogP contribution is 2.20. The predicted molar refractivity (Wildman–Crippen MR) is 81.3 cm³/mol. The summed E-state index contributed by atoms with van der Waals surface area (Å²) in [6.45, 7) is 4.44. The first-order valence-electron chi connectivity index (χ1n) is 7.17. The molecule has 0 spiro atoms. The fourth-order valence-electron chi connectivity index (χ4n) is 2.59. The summed E-state index contributed by atoms with van der Waals surface area (Å²) in [5.74, 6) is 0.761. The number of benzene rings is 1. The summed E-state index contributed by atoms with van der Waals surface area (Å²) in [5.41, 5.74) is 1.67. The number of hydrogen-bond acceptors (Lipinski definition) is 2. The maximum absolute atomic E-state index is 12.4. The Hall–Kier alpha value is -1.06. The number of aryl methyl sites for hydroxylation is 1. The van der Waals surface area contributed by atoms with Gasteiger partial charge < -0.3 is 9.64 Å². The molecule has 1 aliphatic rings. The Morgan fingerprint density at radius 1 is 1.40 bits per heavy atom. The van der Waals surface area contributed by atoms with Gasteiger partial charge in [0, 0.05) is 37.4 Å². The van der Waals surface area contributed by atoms with E-state index in [2.05, 4.69) is 0 Å². The molecule has 0 radical (unpaired) electrons. The molecule has 1 aromatic carbocycles. The summed E-state index contributed by atoms with van der Waals surface area (Å²) in [7, 11) is 1.87. The first kappa shape index (κ1) is 15.3. The smallest absolute Gasteiger partial charge is 0.253 e. The third-order valence-electron chi connectivity index (χ3n) is 3.98. The highest BCUT2D eigenvalue weighted by atomic mass is 35.5. The maximum atomic E-state index is 12.4. The fraction of sp³-hybridized carbons (Fsp3) is 0.562. The molecule has 20 heavy (non-hydrogen) atoms. The lowest BCUT2D eigenvalue weighted by molar-refractivity contribution is 0.0583. The van der Waals surface area contributed by atoms with Crippen LogP contribution >= 0.6 is 11.6 Å². The molecule has 4 heteroatoms. The van der Waals surface area contributed by atoms with Crippen LogP contribution in [0.1, 0.15) is 35.2 Å². The Bertz CT molecular complexity index is 470. The molecule has 1 saturated heterocycles. The molecular weight excluding hydrogens is 274 g/mol. The van der Waals surface area contributed by atoms with Gasteiger partial charge in [0.1, 0.15) is 0 Å². The van der Waals surface area contributed by atoms with Crippen LogP contribution in [0.3, 0.4) is 0 Å². The third kappa shape index (κ3) is 3.97. The van der Waals surface area contributed by atoms with Crippen LogP contribution in [0.15, 0.2) is 18.2 Å². The van der Waals surface area contributed by atoms with E-state index < -0.39 is 0 Å². The van der Waals surface area contributed by atoms with Crippen molar-refractivity contribution < 1.29 is 9.53 Å². The van der Waals surface area contributed by atoms with Gasteiger partial charge in [-0.1, -0.05) is 11.6 Å². The van der Waals surface area contributed by atoms with Gasteiger partial charge in [-0.25, -0.2) is 0 Å². The largest absolute Gasteiger partial charge is 0.381 e. The van der Waals surface area contributed by atoms with Crippen LogP contribution in [0.2, 0.25) is 5.02 Å². The van der Waals surface area contributed by atoms with Crippen molar-refractivity contribution in [2.75, 3.05) is 26.8 Å². The second-order valence-corrected chi connectivity index (χ2v) is 5.97. The predicted octanol–water partition coefficient (Wildman–Crippen LogP) is 3.54. The Morgan fingerprint density at radius 3 is 2.75 bits per heavy atom. The van der Waals surface area contributed by atoms with Crippen LogP contribution in [0.25, 0.3) is 0 Å². The first-order valence-corrected chi connectivity index (χ1v) is 7.55. The average molecular weight is 296 g/mol. The number of hydrogen-bond donors (Lipinski definition) is 0. The second-order valence-electron chi connectivity index (χ2n) is 5.53. The van der Waals surface area contributed by atoms with Gasteiger partial charge in [0.05, 0.1) is 0 Å². The normalized spacial score (nSPS) is 16.1. The summed E-state index contributed by atoms with van der Waals surface area (Å²) in [5, 5.41) is 0.670. The van der Waals surface area contributed by atoms with Crippen molar-refractivity contribution in [3.05, 3.63) is 34.3 Å². The van der Waals surface area contributed by atoms with Gasteiger partial charge in [0.25, 0.3) is 5.91 Å². The zero-order valence-electron chi connectivity index (χ0n) is 12.2. The topological polar surface area (TPSA) is 29.5 Å². The molecule has 0 unspecified atom stereocenters. The minimum atomic E-state index is 0.0752. The number of ether oxygens (including phenoxy) is 1. The fourth-order valence-corrected chi connectivity index (χ4v) is 2.81. The van der Waals surface area contributed by atoms with E-state index in [1.165, 1.54) is 0 Å².